The molecule has 8 heteroatoms. The van der Waals surface area contributed by atoms with Gasteiger partial charge in [-0.25, -0.2) is 9.59 Å². The van der Waals surface area contributed by atoms with Gasteiger partial charge in [0.2, 0.25) is 0 Å². The number of carbonyl (C=O) groups excluding carboxylic acids is 4. The van der Waals surface area contributed by atoms with E-state index in [1.54, 1.807) is 0 Å². The van der Waals surface area contributed by atoms with Gasteiger partial charge in [-0.15, -0.1) is 16.9 Å². The molecule has 3 aliphatic rings. The molecule has 0 spiro atoms. The molecule has 28 heavy (non-hydrogen) atoms. The number of amides is 3. The average Bonchev–Trinajstić information content (AvgIpc) is 3.20. The first-order valence-corrected chi connectivity index (χ1v) is 9.99. The third-order valence-corrected chi connectivity index (χ3v) is 5.52. The minimum absolute atomic E-state index is 0.0707. The zero-order valence-electron chi connectivity index (χ0n) is 15.9. The van der Waals surface area contributed by atoms with E-state index < -0.39 is 23.9 Å². The lowest BCUT2D eigenvalue weighted by Crippen LogP contribution is -2.32. The predicted molar refractivity (Wildman–Crippen MR) is 97.1 cm³/mol. The fraction of sp³-hybridized carbons (Fsp3) is 0.700. The molecule has 2 fully saturated rings. The number of rotatable bonds is 8. The third kappa shape index (κ3) is 5.47. The van der Waals surface area contributed by atoms with Crippen molar-refractivity contribution in [1.82, 2.24) is 10.4 Å². The molecule has 1 heterocycles. The zero-order valence-corrected chi connectivity index (χ0v) is 15.9. The van der Waals surface area contributed by atoms with Crippen LogP contribution in [0.1, 0.15) is 57.8 Å². The summed E-state index contributed by atoms with van der Waals surface area (Å²) in [5.41, 5.74) is 0. The molecular weight excluding hydrogens is 364 g/mol. The van der Waals surface area contributed by atoms with Crippen molar-refractivity contribution in [1.29, 1.82) is 0 Å². The Hall–Kier alpha value is -2.56. The molecule has 0 aromatic heterocycles. The maximum atomic E-state index is 11.8. The molecule has 0 aromatic rings. The summed E-state index contributed by atoms with van der Waals surface area (Å²) < 4.78 is 5.32. The van der Waals surface area contributed by atoms with E-state index in [4.69, 9.17) is 9.57 Å². The molecule has 1 aliphatic heterocycles. The Morgan fingerprint density at radius 1 is 1.04 bits per heavy atom. The molecule has 2 aliphatic carbocycles. The molecule has 1 N–H and O–H groups in total. The Bertz CT molecular complexity index is 661. The molecular formula is C20H26N2O6. The topological polar surface area (TPSA) is 102 Å². The molecule has 0 radical (unpaired) electrons. The second kappa shape index (κ2) is 9.58. The second-order valence-electron chi connectivity index (χ2n) is 7.45. The van der Waals surface area contributed by atoms with E-state index in [1.165, 1.54) is 0 Å². The molecule has 0 bridgehead atoms. The summed E-state index contributed by atoms with van der Waals surface area (Å²) in [5, 5.41) is 3.22. The number of hydrogen-bond donors (Lipinski definition) is 1. The summed E-state index contributed by atoms with van der Waals surface area (Å²) >= 11 is 0. The minimum Gasteiger partial charge on any atom is -0.449 e. The summed E-state index contributed by atoms with van der Waals surface area (Å²) in [5.74, 6) is 6.46. The summed E-state index contributed by atoms with van der Waals surface area (Å²) in [6.07, 6.45) is 4.89. The van der Waals surface area contributed by atoms with Crippen LogP contribution in [-0.2, 0) is 24.0 Å². The van der Waals surface area contributed by atoms with Crippen molar-refractivity contribution >= 4 is 23.9 Å². The number of fused-ring (bicyclic) bond motifs is 1. The molecule has 3 rings (SSSR count). The van der Waals surface area contributed by atoms with E-state index in [1.807, 2.05) is 0 Å². The van der Waals surface area contributed by atoms with Crippen LogP contribution in [0.25, 0.3) is 0 Å². The Morgan fingerprint density at radius 2 is 1.68 bits per heavy atom. The van der Waals surface area contributed by atoms with Crippen LogP contribution in [-0.4, -0.2) is 42.1 Å². The number of carbonyl (C=O) groups is 4. The van der Waals surface area contributed by atoms with Crippen LogP contribution < -0.4 is 5.32 Å². The second-order valence-corrected chi connectivity index (χ2v) is 7.45. The predicted octanol–water partition coefficient (Wildman–Crippen LogP) is 1.93. The summed E-state index contributed by atoms with van der Waals surface area (Å²) in [6, 6.07) is 0. The van der Waals surface area contributed by atoms with Gasteiger partial charge >= 0.3 is 12.1 Å². The van der Waals surface area contributed by atoms with E-state index in [-0.39, 0.29) is 19.3 Å². The molecule has 1 saturated heterocycles. The van der Waals surface area contributed by atoms with Gasteiger partial charge in [-0.1, -0.05) is 0 Å². The van der Waals surface area contributed by atoms with Crippen LogP contribution in [0.4, 0.5) is 4.79 Å². The normalized spacial score (nSPS) is 25.7. The SMILES string of the molecule is O=C(CCCCNC(=O)OCC1[C@H]2CCC#CCC[C@@H]12)ON1C(=O)CCC1=O. The highest BCUT2D eigenvalue weighted by Crippen LogP contribution is 2.52. The number of alkyl carbamates (subject to hydrolysis) is 1. The van der Waals surface area contributed by atoms with Gasteiger partial charge in [-0.05, 0) is 43.4 Å². The maximum absolute atomic E-state index is 11.8. The molecule has 8 nitrogen and oxygen atoms in total. The van der Waals surface area contributed by atoms with Crippen LogP contribution in [0, 0.1) is 29.6 Å². The fourth-order valence-corrected chi connectivity index (χ4v) is 3.90. The van der Waals surface area contributed by atoms with E-state index in [0.29, 0.717) is 48.8 Å². The highest BCUT2D eigenvalue weighted by atomic mass is 16.7. The van der Waals surface area contributed by atoms with E-state index in [9.17, 15) is 19.2 Å². The van der Waals surface area contributed by atoms with E-state index in [0.717, 1.165) is 25.7 Å². The summed E-state index contributed by atoms with van der Waals surface area (Å²) in [7, 11) is 0. The van der Waals surface area contributed by atoms with Crippen molar-refractivity contribution in [3.63, 3.8) is 0 Å². The van der Waals surface area contributed by atoms with E-state index >= 15 is 0 Å². The quantitative estimate of drug-likeness (QED) is 0.386. The monoisotopic (exact) mass is 390 g/mol. The van der Waals surface area contributed by atoms with Gasteiger partial charge in [0.25, 0.3) is 11.8 Å². The minimum atomic E-state index is -0.627. The lowest BCUT2D eigenvalue weighted by atomic mass is 10.1. The number of ether oxygens (including phenoxy) is 1. The maximum Gasteiger partial charge on any atom is 0.407 e. The summed E-state index contributed by atoms with van der Waals surface area (Å²) in [6.45, 7) is 0.838. The van der Waals surface area contributed by atoms with Gasteiger partial charge < -0.3 is 14.9 Å². The number of unbranched alkanes of at least 4 members (excludes halogenated alkanes) is 1. The third-order valence-electron chi connectivity index (χ3n) is 5.52. The van der Waals surface area contributed by atoms with Crippen LogP contribution >= 0.6 is 0 Å². The van der Waals surface area contributed by atoms with Gasteiger partial charge in [0, 0.05) is 38.6 Å². The highest BCUT2D eigenvalue weighted by molar-refractivity contribution is 6.01. The van der Waals surface area contributed by atoms with Gasteiger partial charge in [0.1, 0.15) is 0 Å². The van der Waals surface area contributed by atoms with Crippen LogP contribution in [0.15, 0.2) is 0 Å². The number of hydrogen-bond acceptors (Lipinski definition) is 6. The Balaban J connectivity index is 1.21. The van der Waals surface area contributed by atoms with E-state index in [2.05, 4.69) is 17.2 Å². The molecule has 3 atom stereocenters. The first-order chi connectivity index (χ1) is 13.6. The van der Waals surface area contributed by atoms with Gasteiger partial charge in [-0.3, -0.25) is 9.59 Å². The van der Waals surface area contributed by atoms with Crippen LogP contribution in [0.5, 0.6) is 0 Å². The van der Waals surface area contributed by atoms with Gasteiger partial charge in [0.15, 0.2) is 0 Å². The smallest absolute Gasteiger partial charge is 0.407 e. The number of imide groups is 1. The van der Waals surface area contributed by atoms with Crippen LogP contribution in [0.2, 0.25) is 0 Å². The Kier molecular flexibility index (Phi) is 6.90. The largest absolute Gasteiger partial charge is 0.449 e. The van der Waals surface area contributed by atoms with Crippen molar-refractivity contribution in [2.45, 2.75) is 57.8 Å². The Labute approximate surface area is 164 Å². The van der Waals surface area contributed by atoms with Gasteiger partial charge in [-0.2, -0.15) is 0 Å². The molecule has 152 valence electrons. The summed E-state index contributed by atoms with van der Waals surface area (Å²) in [4.78, 5) is 50.9. The average molecular weight is 390 g/mol. The first kappa shape index (κ1) is 20.2. The standard InChI is InChI=1S/C20H26N2O6/c23-17-10-11-18(24)22(17)28-19(25)9-5-6-12-21-20(26)27-13-16-14-7-3-1-2-4-8-15(14)16/h14-16H,3-13H2,(H,21,26)/t14-,15+,16?. The number of nitrogens with one attached hydrogen (secondary N) is 1. The zero-order chi connectivity index (χ0) is 19.9. The molecule has 1 unspecified atom stereocenters. The number of nitrogens with zero attached hydrogens (tertiary/aromatic N) is 1. The lowest BCUT2D eigenvalue weighted by molar-refractivity contribution is -0.197. The van der Waals surface area contributed by atoms with Crippen molar-refractivity contribution in [2.24, 2.45) is 17.8 Å². The molecule has 3 amide bonds. The van der Waals surface area contributed by atoms with Crippen LogP contribution in [0.3, 0.4) is 0 Å². The van der Waals surface area contributed by atoms with Crippen molar-refractivity contribution in [3.8, 4) is 11.8 Å². The number of hydroxylamine groups is 2. The van der Waals surface area contributed by atoms with Crippen molar-refractivity contribution in [3.05, 3.63) is 0 Å². The molecule has 1 saturated carbocycles. The molecule has 0 aromatic carbocycles. The Morgan fingerprint density at radius 3 is 2.32 bits per heavy atom. The highest BCUT2D eigenvalue weighted by Gasteiger charge is 2.49. The van der Waals surface area contributed by atoms with Crippen molar-refractivity contribution in [2.75, 3.05) is 13.2 Å². The fourth-order valence-electron chi connectivity index (χ4n) is 3.90. The lowest BCUT2D eigenvalue weighted by Gasteiger charge is -2.12. The van der Waals surface area contributed by atoms with Crippen molar-refractivity contribution < 1.29 is 28.8 Å². The van der Waals surface area contributed by atoms with Gasteiger partial charge in [0.05, 0.1) is 6.61 Å². The first-order valence-electron chi connectivity index (χ1n) is 9.99.